The normalized spacial score (nSPS) is 15.0. The molecule has 1 spiro atoms. The molecule has 7 aromatic carbocycles. The summed E-state index contributed by atoms with van der Waals surface area (Å²) in [4.78, 5) is 2.44. The molecule has 0 unspecified atom stereocenters. The molecule has 1 heterocycles. The smallest absolute Gasteiger partial charge is 0.0748 e. The zero-order valence-corrected chi connectivity index (χ0v) is 24.8. The molecule has 9 rings (SSSR count). The Balaban J connectivity index is 1.48. The van der Waals surface area contributed by atoms with E-state index >= 15 is 0 Å². The van der Waals surface area contributed by atoms with Gasteiger partial charge in [-0.25, -0.2) is 0 Å². The largest absolute Gasteiger partial charge is 0.310 e. The van der Waals surface area contributed by atoms with E-state index in [-0.39, 0.29) is 0 Å². The van der Waals surface area contributed by atoms with Gasteiger partial charge in [0.15, 0.2) is 0 Å². The van der Waals surface area contributed by atoms with Gasteiger partial charge in [0.05, 0.1) is 22.2 Å². The first-order chi connectivity index (χ1) is 22.4. The third-order valence-corrected chi connectivity index (χ3v) is 10.00. The van der Waals surface area contributed by atoms with E-state index in [2.05, 4.69) is 193 Å². The van der Waals surface area contributed by atoms with Gasteiger partial charge in [-0.15, -0.1) is 0 Å². The second kappa shape index (κ2) is 9.94. The summed E-state index contributed by atoms with van der Waals surface area (Å²) in [6.45, 7) is 0. The predicted molar refractivity (Wildman–Crippen MR) is 185 cm³/mol. The van der Waals surface area contributed by atoms with Gasteiger partial charge in [0.1, 0.15) is 0 Å². The van der Waals surface area contributed by atoms with Gasteiger partial charge in [0, 0.05) is 5.69 Å². The van der Waals surface area contributed by atoms with Crippen LogP contribution in [0.5, 0.6) is 0 Å². The average Bonchev–Trinajstić information content (AvgIpc) is 3.13. The molecule has 0 bridgehead atoms. The third-order valence-electron chi connectivity index (χ3n) is 10.00. The summed E-state index contributed by atoms with van der Waals surface area (Å²) < 4.78 is 0. The molecule has 212 valence electrons. The molecule has 0 saturated carbocycles. The lowest BCUT2D eigenvalue weighted by molar-refractivity contribution is 0.611. The van der Waals surface area contributed by atoms with E-state index in [0.29, 0.717) is 0 Å². The van der Waals surface area contributed by atoms with Gasteiger partial charge in [-0.2, -0.15) is 0 Å². The van der Waals surface area contributed by atoms with E-state index < -0.39 is 10.8 Å². The molecule has 7 aromatic rings. The maximum Gasteiger partial charge on any atom is 0.0748 e. The summed E-state index contributed by atoms with van der Waals surface area (Å²) in [5, 5.41) is 0. The second-order valence-electron chi connectivity index (χ2n) is 12.0. The van der Waals surface area contributed by atoms with Crippen molar-refractivity contribution < 1.29 is 0 Å². The van der Waals surface area contributed by atoms with Gasteiger partial charge in [0.25, 0.3) is 0 Å². The van der Waals surface area contributed by atoms with E-state index in [9.17, 15) is 0 Å². The van der Waals surface area contributed by atoms with Crippen LogP contribution in [0.15, 0.2) is 188 Å². The number of nitrogens with zero attached hydrogens (tertiary/aromatic N) is 1. The highest BCUT2D eigenvalue weighted by Crippen LogP contribution is 2.64. The average molecular weight is 574 g/mol. The summed E-state index contributed by atoms with van der Waals surface area (Å²) in [5.74, 6) is 0. The zero-order chi connectivity index (χ0) is 29.8. The summed E-state index contributed by atoms with van der Waals surface area (Å²) in [6, 6.07) is 69.4. The molecule has 0 radical (unpaired) electrons. The highest BCUT2D eigenvalue weighted by molar-refractivity contribution is 5.91. The Morgan fingerprint density at radius 3 is 1.00 bits per heavy atom. The SMILES string of the molecule is c1ccc(N2c3ccccc3C3(c4ccccc42)c2ccccc2C(c2ccccc2)(c2ccccc2)c2ccccc23)cc1. The number of hydrogen-bond donors (Lipinski definition) is 0. The van der Waals surface area contributed by atoms with Gasteiger partial charge in [-0.05, 0) is 68.8 Å². The van der Waals surface area contributed by atoms with E-state index in [0.717, 1.165) is 5.69 Å². The highest BCUT2D eigenvalue weighted by Gasteiger charge is 2.56. The minimum atomic E-state index is -0.529. The summed E-state index contributed by atoms with van der Waals surface area (Å²) >= 11 is 0. The van der Waals surface area contributed by atoms with E-state index in [1.807, 2.05) is 0 Å². The number of para-hydroxylation sites is 3. The molecule has 0 aromatic heterocycles. The third kappa shape index (κ3) is 3.38. The number of fused-ring (bicyclic) bond motifs is 8. The molecule has 0 amide bonds. The Labute approximate surface area is 264 Å². The zero-order valence-electron chi connectivity index (χ0n) is 24.8. The van der Waals surface area contributed by atoms with Crippen molar-refractivity contribution in [1.82, 2.24) is 0 Å². The fourth-order valence-corrected chi connectivity index (χ4v) is 8.41. The molecular formula is C44H31N. The van der Waals surface area contributed by atoms with Crippen molar-refractivity contribution >= 4 is 17.1 Å². The number of rotatable bonds is 3. The Morgan fingerprint density at radius 1 is 0.267 bits per heavy atom. The van der Waals surface area contributed by atoms with Crippen molar-refractivity contribution in [1.29, 1.82) is 0 Å². The first-order valence-electron chi connectivity index (χ1n) is 15.7. The van der Waals surface area contributed by atoms with Crippen LogP contribution >= 0.6 is 0 Å². The number of anilines is 3. The Morgan fingerprint density at radius 2 is 0.578 bits per heavy atom. The van der Waals surface area contributed by atoms with Gasteiger partial charge >= 0.3 is 0 Å². The van der Waals surface area contributed by atoms with Crippen molar-refractivity contribution in [2.45, 2.75) is 10.8 Å². The van der Waals surface area contributed by atoms with Gasteiger partial charge in [0.2, 0.25) is 0 Å². The lowest BCUT2D eigenvalue weighted by atomic mass is 9.50. The minimum absolute atomic E-state index is 0.499. The van der Waals surface area contributed by atoms with Crippen LogP contribution in [-0.4, -0.2) is 0 Å². The van der Waals surface area contributed by atoms with Crippen LogP contribution in [0, 0.1) is 0 Å². The van der Waals surface area contributed by atoms with Gasteiger partial charge < -0.3 is 4.90 Å². The van der Waals surface area contributed by atoms with Crippen molar-refractivity contribution in [2.24, 2.45) is 0 Å². The molecular weight excluding hydrogens is 542 g/mol. The van der Waals surface area contributed by atoms with E-state index in [1.54, 1.807) is 0 Å². The molecule has 1 aliphatic carbocycles. The Hall–Kier alpha value is -5.66. The Kier molecular flexibility index (Phi) is 5.70. The summed E-state index contributed by atoms with van der Waals surface area (Å²) in [7, 11) is 0. The molecule has 1 heteroatoms. The molecule has 1 nitrogen and oxygen atoms in total. The summed E-state index contributed by atoms with van der Waals surface area (Å²) in [6.07, 6.45) is 0. The molecule has 0 atom stereocenters. The first kappa shape index (κ1) is 25.8. The molecule has 45 heavy (non-hydrogen) atoms. The van der Waals surface area contributed by atoms with Crippen LogP contribution in [-0.2, 0) is 10.8 Å². The van der Waals surface area contributed by atoms with Crippen molar-refractivity contribution in [2.75, 3.05) is 4.90 Å². The minimum Gasteiger partial charge on any atom is -0.310 e. The van der Waals surface area contributed by atoms with Crippen molar-refractivity contribution in [3.63, 3.8) is 0 Å². The van der Waals surface area contributed by atoms with Gasteiger partial charge in [-0.3, -0.25) is 0 Å². The topological polar surface area (TPSA) is 3.24 Å². The van der Waals surface area contributed by atoms with Crippen LogP contribution in [0.4, 0.5) is 17.1 Å². The van der Waals surface area contributed by atoms with Crippen LogP contribution < -0.4 is 4.90 Å². The monoisotopic (exact) mass is 573 g/mol. The Bertz CT molecular complexity index is 2030. The molecule has 1 aliphatic heterocycles. The fraction of sp³-hybridized carbons (Fsp3) is 0.0455. The first-order valence-corrected chi connectivity index (χ1v) is 15.7. The number of benzene rings is 7. The summed E-state index contributed by atoms with van der Waals surface area (Å²) in [5.41, 5.74) is 13.0. The fourth-order valence-electron chi connectivity index (χ4n) is 8.41. The van der Waals surface area contributed by atoms with Crippen LogP contribution in [0.25, 0.3) is 0 Å². The van der Waals surface area contributed by atoms with Crippen LogP contribution in [0.1, 0.15) is 44.5 Å². The predicted octanol–water partition coefficient (Wildman–Crippen LogP) is 10.5. The van der Waals surface area contributed by atoms with Crippen LogP contribution in [0.2, 0.25) is 0 Å². The van der Waals surface area contributed by atoms with Crippen LogP contribution in [0.3, 0.4) is 0 Å². The second-order valence-corrected chi connectivity index (χ2v) is 12.0. The lowest BCUT2D eigenvalue weighted by Gasteiger charge is -2.54. The standard InChI is InChI=1S/C44H31N/c1-4-18-32(19-5-1)43(33-20-6-2-7-21-33)35-24-10-12-26-37(35)44(38-27-13-11-25-36(38)43)39-28-14-16-30-41(39)45(34-22-8-3-9-23-34)42-31-17-15-29-40(42)44/h1-31H. The molecule has 0 saturated heterocycles. The molecule has 2 aliphatic rings. The quantitative estimate of drug-likeness (QED) is 0.203. The highest BCUT2D eigenvalue weighted by atomic mass is 15.2. The van der Waals surface area contributed by atoms with Crippen molar-refractivity contribution in [3.8, 4) is 0 Å². The van der Waals surface area contributed by atoms with E-state index in [1.165, 1.54) is 55.9 Å². The number of hydrogen-bond acceptors (Lipinski definition) is 1. The van der Waals surface area contributed by atoms with E-state index in [4.69, 9.17) is 0 Å². The lowest BCUT2D eigenvalue weighted by Crippen LogP contribution is -2.47. The maximum atomic E-state index is 2.44. The van der Waals surface area contributed by atoms with Crippen molar-refractivity contribution in [3.05, 3.63) is 233 Å². The maximum absolute atomic E-state index is 2.44. The molecule has 0 N–H and O–H groups in total. The van der Waals surface area contributed by atoms with Gasteiger partial charge in [-0.1, -0.05) is 164 Å². The molecule has 0 fully saturated rings.